The minimum atomic E-state index is -0.718. The highest BCUT2D eigenvalue weighted by molar-refractivity contribution is 5.40. The van der Waals surface area contributed by atoms with Gasteiger partial charge in [-0.1, -0.05) is 39.0 Å². The number of aliphatic hydroxyl groups is 1. The topological polar surface area (TPSA) is 29.5 Å². The van der Waals surface area contributed by atoms with Crippen LogP contribution in [-0.4, -0.2) is 11.2 Å². The molecule has 2 heteroatoms. The van der Waals surface area contributed by atoms with Gasteiger partial charge in [0.05, 0.1) is 5.60 Å². The Kier molecular flexibility index (Phi) is 2.94. The smallest absolute Gasteiger partial charge is 0.125 e. The zero-order valence-corrected chi connectivity index (χ0v) is 10.2. The van der Waals surface area contributed by atoms with Crippen LogP contribution in [0.2, 0.25) is 0 Å². The standard InChI is InChI=1S/C14H20O2/c1-4-14(15)9-13(10(2)3)16-12-8-6-5-7-11(12)14/h5-8,10,13,15H,4,9H2,1-3H3. The summed E-state index contributed by atoms with van der Waals surface area (Å²) in [5.41, 5.74) is 0.221. The monoisotopic (exact) mass is 220 g/mol. The second-order valence-electron chi connectivity index (χ2n) is 4.99. The van der Waals surface area contributed by atoms with Gasteiger partial charge in [-0.05, 0) is 18.4 Å². The summed E-state index contributed by atoms with van der Waals surface area (Å²) in [6.45, 7) is 6.29. The summed E-state index contributed by atoms with van der Waals surface area (Å²) in [5.74, 6) is 1.27. The molecule has 2 atom stereocenters. The second-order valence-corrected chi connectivity index (χ2v) is 4.99. The van der Waals surface area contributed by atoms with E-state index in [0.29, 0.717) is 12.3 Å². The Bertz CT molecular complexity index is 373. The lowest BCUT2D eigenvalue weighted by Gasteiger charge is -2.39. The van der Waals surface area contributed by atoms with Crippen molar-refractivity contribution in [3.05, 3.63) is 29.8 Å². The highest BCUT2D eigenvalue weighted by atomic mass is 16.5. The molecule has 1 aliphatic rings. The lowest BCUT2D eigenvalue weighted by atomic mass is 9.80. The molecule has 0 saturated heterocycles. The van der Waals surface area contributed by atoms with E-state index in [0.717, 1.165) is 17.7 Å². The molecule has 0 bridgehead atoms. The van der Waals surface area contributed by atoms with Gasteiger partial charge in [0, 0.05) is 12.0 Å². The summed E-state index contributed by atoms with van der Waals surface area (Å²) >= 11 is 0. The maximum absolute atomic E-state index is 10.7. The van der Waals surface area contributed by atoms with Gasteiger partial charge in [0.2, 0.25) is 0 Å². The molecule has 0 spiro atoms. The quantitative estimate of drug-likeness (QED) is 0.830. The first kappa shape index (κ1) is 11.5. The van der Waals surface area contributed by atoms with Gasteiger partial charge in [-0.2, -0.15) is 0 Å². The van der Waals surface area contributed by atoms with Crippen LogP contribution in [-0.2, 0) is 5.60 Å². The summed E-state index contributed by atoms with van der Waals surface area (Å²) in [7, 11) is 0. The van der Waals surface area contributed by atoms with Crippen LogP contribution in [0.15, 0.2) is 24.3 Å². The van der Waals surface area contributed by atoms with E-state index in [9.17, 15) is 5.11 Å². The first-order valence-electron chi connectivity index (χ1n) is 6.05. The van der Waals surface area contributed by atoms with Gasteiger partial charge in [0.1, 0.15) is 11.9 Å². The summed E-state index contributed by atoms with van der Waals surface area (Å²) in [6.07, 6.45) is 1.54. The van der Waals surface area contributed by atoms with Crippen LogP contribution in [0.3, 0.4) is 0 Å². The van der Waals surface area contributed by atoms with Crippen LogP contribution < -0.4 is 4.74 Å². The number of rotatable bonds is 2. The van der Waals surface area contributed by atoms with Gasteiger partial charge >= 0.3 is 0 Å². The van der Waals surface area contributed by atoms with Crippen molar-refractivity contribution in [3.63, 3.8) is 0 Å². The van der Waals surface area contributed by atoms with Crippen LogP contribution in [0.5, 0.6) is 5.75 Å². The largest absolute Gasteiger partial charge is 0.490 e. The van der Waals surface area contributed by atoms with Gasteiger partial charge < -0.3 is 9.84 Å². The molecule has 0 amide bonds. The van der Waals surface area contributed by atoms with E-state index in [1.165, 1.54) is 0 Å². The molecule has 0 saturated carbocycles. The van der Waals surface area contributed by atoms with Crippen molar-refractivity contribution in [2.45, 2.75) is 45.3 Å². The molecule has 2 rings (SSSR count). The number of para-hydroxylation sites is 1. The fraction of sp³-hybridized carbons (Fsp3) is 0.571. The maximum atomic E-state index is 10.7. The van der Waals surface area contributed by atoms with Crippen molar-refractivity contribution in [1.29, 1.82) is 0 Å². The SMILES string of the molecule is CCC1(O)CC(C(C)C)Oc2ccccc21. The lowest BCUT2D eigenvalue weighted by Crippen LogP contribution is -2.40. The Balaban J connectivity index is 2.42. The highest BCUT2D eigenvalue weighted by Crippen LogP contribution is 2.42. The van der Waals surface area contributed by atoms with Crippen molar-refractivity contribution in [3.8, 4) is 5.75 Å². The summed E-state index contributed by atoms with van der Waals surface area (Å²) in [6, 6.07) is 7.83. The predicted octanol–water partition coefficient (Wildman–Crippen LogP) is 3.09. The van der Waals surface area contributed by atoms with E-state index in [4.69, 9.17) is 4.74 Å². The number of hydrogen-bond donors (Lipinski definition) is 1. The van der Waals surface area contributed by atoms with E-state index in [1.54, 1.807) is 0 Å². The third-order valence-electron chi connectivity index (χ3n) is 3.53. The molecule has 0 aromatic heterocycles. The summed E-state index contributed by atoms with van der Waals surface area (Å²) < 4.78 is 5.93. The Morgan fingerprint density at radius 3 is 2.75 bits per heavy atom. The Morgan fingerprint density at radius 1 is 1.44 bits per heavy atom. The number of benzene rings is 1. The van der Waals surface area contributed by atoms with Gasteiger partial charge in [0.25, 0.3) is 0 Å². The van der Waals surface area contributed by atoms with Crippen LogP contribution in [0, 0.1) is 5.92 Å². The minimum absolute atomic E-state index is 0.111. The van der Waals surface area contributed by atoms with Crippen LogP contribution in [0.1, 0.15) is 39.2 Å². The van der Waals surface area contributed by atoms with Gasteiger partial charge in [0.15, 0.2) is 0 Å². The van der Waals surface area contributed by atoms with Crippen molar-refractivity contribution in [1.82, 2.24) is 0 Å². The van der Waals surface area contributed by atoms with E-state index in [1.807, 2.05) is 31.2 Å². The van der Waals surface area contributed by atoms with Gasteiger partial charge in [-0.15, -0.1) is 0 Å². The van der Waals surface area contributed by atoms with Gasteiger partial charge in [-0.25, -0.2) is 0 Å². The molecule has 0 fully saturated rings. The molecule has 88 valence electrons. The highest BCUT2D eigenvalue weighted by Gasteiger charge is 2.39. The van der Waals surface area contributed by atoms with Crippen LogP contribution in [0.4, 0.5) is 0 Å². The Labute approximate surface area is 97.3 Å². The zero-order chi connectivity index (χ0) is 11.8. The van der Waals surface area contributed by atoms with E-state index >= 15 is 0 Å². The van der Waals surface area contributed by atoms with Crippen molar-refractivity contribution in [2.24, 2.45) is 5.92 Å². The lowest BCUT2D eigenvalue weighted by molar-refractivity contribution is -0.0452. The molecular formula is C14H20O2. The number of hydrogen-bond acceptors (Lipinski definition) is 2. The van der Waals surface area contributed by atoms with Gasteiger partial charge in [-0.3, -0.25) is 0 Å². The van der Waals surface area contributed by atoms with E-state index in [2.05, 4.69) is 13.8 Å². The summed E-state index contributed by atoms with van der Waals surface area (Å²) in [5, 5.41) is 10.7. The normalized spacial score (nSPS) is 28.7. The molecule has 2 nitrogen and oxygen atoms in total. The van der Waals surface area contributed by atoms with E-state index < -0.39 is 5.60 Å². The molecule has 1 aromatic rings. The molecule has 1 heterocycles. The van der Waals surface area contributed by atoms with Crippen molar-refractivity contribution >= 4 is 0 Å². The first-order chi connectivity index (χ1) is 7.57. The third kappa shape index (κ3) is 1.82. The minimum Gasteiger partial charge on any atom is -0.490 e. The fourth-order valence-corrected chi connectivity index (χ4v) is 2.31. The molecule has 0 aliphatic carbocycles. The molecule has 2 unspecified atom stereocenters. The summed E-state index contributed by atoms with van der Waals surface area (Å²) in [4.78, 5) is 0. The molecule has 1 N–H and O–H groups in total. The third-order valence-corrected chi connectivity index (χ3v) is 3.53. The van der Waals surface area contributed by atoms with Crippen molar-refractivity contribution < 1.29 is 9.84 Å². The van der Waals surface area contributed by atoms with Crippen LogP contribution in [0.25, 0.3) is 0 Å². The Hall–Kier alpha value is -1.02. The average molecular weight is 220 g/mol. The zero-order valence-electron chi connectivity index (χ0n) is 10.2. The second kappa shape index (κ2) is 4.10. The average Bonchev–Trinajstić information content (AvgIpc) is 2.29. The van der Waals surface area contributed by atoms with Crippen LogP contribution >= 0.6 is 0 Å². The number of ether oxygens (including phenoxy) is 1. The van der Waals surface area contributed by atoms with E-state index in [-0.39, 0.29) is 6.10 Å². The molecule has 0 radical (unpaired) electrons. The number of fused-ring (bicyclic) bond motifs is 1. The molecular weight excluding hydrogens is 200 g/mol. The molecule has 1 aromatic carbocycles. The molecule has 1 aliphatic heterocycles. The first-order valence-corrected chi connectivity index (χ1v) is 6.05. The fourth-order valence-electron chi connectivity index (χ4n) is 2.31. The Morgan fingerprint density at radius 2 is 2.12 bits per heavy atom. The van der Waals surface area contributed by atoms with Crippen molar-refractivity contribution in [2.75, 3.05) is 0 Å². The molecule has 16 heavy (non-hydrogen) atoms. The predicted molar refractivity (Wildman–Crippen MR) is 64.5 cm³/mol. The maximum Gasteiger partial charge on any atom is 0.125 e.